The van der Waals surface area contributed by atoms with Crippen molar-refractivity contribution in [3.8, 4) is 5.75 Å². The van der Waals surface area contributed by atoms with Gasteiger partial charge in [-0.3, -0.25) is 4.79 Å². The Balaban J connectivity index is 1.14. The number of hydrogen-bond donors (Lipinski definition) is 2. The van der Waals surface area contributed by atoms with Crippen molar-refractivity contribution in [3.05, 3.63) is 41.7 Å². The summed E-state index contributed by atoms with van der Waals surface area (Å²) in [7, 11) is 0. The number of benzene rings is 1. The van der Waals surface area contributed by atoms with Gasteiger partial charge in [-0.15, -0.1) is 0 Å². The van der Waals surface area contributed by atoms with E-state index in [9.17, 15) is 9.18 Å². The summed E-state index contributed by atoms with van der Waals surface area (Å²) in [5, 5.41) is 3.49. The molecule has 5 nitrogen and oxygen atoms in total. The average molecular weight is 485 g/mol. The van der Waals surface area contributed by atoms with E-state index < -0.39 is 0 Å². The fourth-order valence-corrected chi connectivity index (χ4v) is 7.19. The largest absolute Gasteiger partial charge is 0.489 e. The maximum absolute atomic E-state index is 13.5. The van der Waals surface area contributed by atoms with E-state index in [-0.39, 0.29) is 24.0 Å². The number of hydrogen-bond acceptors (Lipinski definition) is 4. The van der Waals surface area contributed by atoms with Gasteiger partial charge in [0.05, 0.1) is 6.33 Å². The van der Waals surface area contributed by atoms with E-state index in [0.29, 0.717) is 29.3 Å². The summed E-state index contributed by atoms with van der Waals surface area (Å²) < 4.78 is 24.0. The molecule has 1 amide bonds. The lowest BCUT2D eigenvalue weighted by atomic mass is 9.51. The number of rotatable bonds is 7. The molecule has 192 valence electrons. The highest BCUT2D eigenvalue weighted by Crippen LogP contribution is 2.58. The number of fused-ring (bicyclic) bond motifs is 3. The van der Waals surface area contributed by atoms with Crippen LogP contribution in [0.15, 0.2) is 36.2 Å². The van der Waals surface area contributed by atoms with Crippen molar-refractivity contribution < 1.29 is 18.7 Å². The van der Waals surface area contributed by atoms with E-state index in [4.69, 9.17) is 15.2 Å². The third-order valence-corrected chi connectivity index (χ3v) is 9.97. The fourth-order valence-electron chi connectivity index (χ4n) is 7.19. The average Bonchev–Trinajstić information content (AvgIpc) is 2.92. The van der Waals surface area contributed by atoms with Gasteiger partial charge < -0.3 is 20.5 Å². The zero-order chi connectivity index (χ0) is 24.4. The molecule has 1 saturated heterocycles. The van der Waals surface area contributed by atoms with Gasteiger partial charge in [0.2, 0.25) is 5.91 Å². The maximum Gasteiger partial charge on any atom is 0.226 e. The molecular formula is C29H41FN2O3. The molecule has 0 aromatic heterocycles. The summed E-state index contributed by atoms with van der Waals surface area (Å²) >= 11 is 0. The van der Waals surface area contributed by atoms with Crippen LogP contribution in [-0.4, -0.2) is 38.3 Å². The van der Waals surface area contributed by atoms with Gasteiger partial charge >= 0.3 is 0 Å². The predicted octanol–water partition coefficient (Wildman–Crippen LogP) is 5.33. The molecule has 0 radical (unpaired) electrons. The van der Waals surface area contributed by atoms with Crippen molar-refractivity contribution in [2.45, 2.75) is 88.5 Å². The molecule has 4 saturated carbocycles. The van der Waals surface area contributed by atoms with Crippen LogP contribution in [0.25, 0.3) is 0 Å². The van der Waals surface area contributed by atoms with Crippen LogP contribution < -0.4 is 15.8 Å². The highest BCUT2D eigenvalue weighted by Gasteiger charge is 2.53. The van der Waals surface area contributed by atoms with Crippen LogP contribution in [0.2, 0.25) is 0 Å². The molecule has 5 aliphatic rings. The lowest BCUT2D eigenvalue weighted by Gasteiger charge is -2.53. The fraction of sp³-hybridized carbons (Fsp3) is 0.690. The lowest BCUT2D eigenvalue weighted by molar-refractivity contribution is -0.139. The minimum absolute atomic E-state index is 0.157. The van der Waals surface area contributed by atoms with E-state index >= 15 is 0 Å². The number of amides is 1. The Morgan fingerprint density at radius 1 is 1.00 bits per heavy atom. The second-order valence-corrected chi connectivity index (χ2v) is 11.7. The Bertz CT molecular complexity index is 888. The SMILES string of the molecule is NC/C(=C\F)COc1ccc(C23CCC(C(=O)NC4CCC5(CCOCC5)CC4)(CC2)CC3)cc1. The zero-order valence-corrected chi connectivity index (χ0v) is 21.0. The van der Waals surface area contributed by atoms with E-state index in [1.807, 2.05) is 12.1 Å². The monoisotopic (exact) mass is 484 g/mol. The summed E-state index contributed by atoms with van der Waals surface area (Å²) in [4.78, 5) is 13.5. The van der Waals surface area contributed by atoms with Gasteiger partial charge in [-0.05, 0) is 106 Å². The second-order valence-electron chi connectivity index (χ2n) is 11.7. The molecule has 2 bridgehead atoms. The van der Waals surface area contributed by atoms with E-state index in [1.54, 1.807) is 0 Å². The highest BCUT2D eigenvalue weighted by atomic mass is 19.1. The summed E-state index contributed by atoms with van der Waals surface area (Å²) in [6.45, 7) is 2.14. The second kappa shape index (κ2) is 10.2. The molecule has 0 atom stereocenters. The molecule has 1 heterocycles. The van der Waals surface area contributed by atoms with Gasteiger partial charge in [-0.1, -0.05) is 12.1 Å². The van der Waals surface area contributed by atoms with Gasteiger partial charge in [-0.25, -0.2) is 4.39 Å². The molecule has 1 spiro atoms. The van der Waals surface area contributed by atoms with Crippen LogP contribution in [-0.2, 0) is 14.9 Å². The highest BCUT2D eigenvalue weighted by molar-refractivity contribution is 5.83. The van der Waals surface area contributed by atoms with Crippen LogP contribution in [0.5, 0.6) is 5.75 Å². The number of nitrogens with two attached hydrogens (primary N) is 1. The zero-order valence-electron chi connectivity index (χ0n) is 21.0. The van der Waals surface area contributed by atoms with E-state index in [1.165, 1.54) is 31.2 Å². The first-order chi connectivity index (χ1) is 17.0. The van der Waals surface area contributed by atoms with Crippen LogP contribution in [0.3, 0.4) is 0 Å². The molecule has 35 heavy (non-hydrogen) atoms. The number of nitrogens with one attached hydrogen (secondary N) is 1. The minimum atomic E-state index is -0.171. The first-order valence-electron chi connectivity index (χ1n) is 13.6. The smallest absolute Gasteiger partial charge is 0.226 e. The van der Waals surface area contributed by atoms with Gasteiger partial charge in [0.25, 0.3) is 0 Å². The van der Waals surface area contributed by atoms with Crippen molar-refractivity contribution in [2.75, 3.05) is 26.4 Å². The molecule has 1 aromatic rings. The van der Waals surface area contributed by atoms with Crippen molar-refractivity contribution in [1.82, 2.24) is 5.32 Å². The first-order valence-corrected chi connectivity index (χ1v) is 13.6. The predicted molar refractivity (Wildman–Crippen MR) is 135 cm³/mol. The third-order valence-electron chi connectivity index (χ3n) is 9.97. The van der Waals surface area contributed by atoms with Gasteiger partial charge in [0.15, 0.2) is 0 Å². The molecule has 1 aromatic carbocycles. The topological polar surface area (TPSA) is 73.6 Å². The molecule has 3 N–H and O–H groups in total. The standard InChI is InChI=1S/C29H41FN2O3/c30-19-22(20-31)21-35-25-3-1-23(2-4-25)28-9-12-29(13-10-28,14-11-28)26(33)32-24-5-7-27(8-6-24)15-17-34-18-16-27/h1-4,19,24H,5-18,20-21,31H2,(H,32,33)/b22-19+. The Morgan fingerprint density at radius 2 is 1.63 bits per heavy atom. The number of carbonyl (C=O) groups excluding carboxylic acids is 1. The van der Waals surface area contributed by atoms with E-state index in [2.05, 4.69) is 17.4 Å². The Morgan fingerprint density at radius 3 is 2.20 bits per heavy atom. The van der Waals surface area contributed by atoms with Gasteiger partial charge in [0, 0.05) is 36.8 Å². The van der Waals surface area contributed by atoms with Crippen LogP contribution >= 0.6 is 0 Å². The van der Waals surface area contributed by atoms with Crippen molar-refractivity contribution in [2.24, 2.45) is 16.6 Å². The number of ether oxygens (including phenoxy) is 2. The Hall–Kier alpha value is -1.92. The van der Waals surface area contributed by atoms with Gasteiger partial charge in [-0.2, -0.15) is 0 Å². The van der Waals surface area contributed by atoms with Crippen molar-refractivity contribution in [3.63, 3.8) is 0 Å². The summed E-state index contributed by atoms with van der Waals surface area (Å²) in [5.41, 5.74) is 7.76. The number of halogens is 1. The third kappa shape index (κ3) is 5.01. The normalized spacial score (nSPS) is 30.9. The van der Waals surface area contributed by atoms with Gasteiger partial charge in [0.1, 0.15) is 12.4 Å². The van der Waals surface area contributed by atoms with Crippen LogP contribution in [0, 0.1) is 10.8 Å². The summed E-state index contributed by atoms with van der Waals surface area (Å²) in [6, 6.07) is 8.62. The molecule has 5 fully saturated rings. The Kier molecular flexibility index (Phi) is 7.23. The minimum Gasteiger partial charge on any atom is -0.489 e. The van der Waals surface area contributed by atoms with Crippen LogP contribution in [0.4, 0.5) is 4.39 Å². The van der Waals surface area contributed by atoms with E-state index in [0.717, 1.165) is 70.3 Å². The molecule has 1 aliphatic heterocycles. The lowest BCUT2D eigenvalue weighted by Crippen LogP contribution is -2.54. The maximum atomic E-state index is 13.5. The van der Waals surface area contributed by atoms with Crippen molar-refractivity contribution in [1.29, 1.82) is 0 Å². The Labute approximate surface area is 209 Å². The first kappa shape index (κ1) is 24.8. The molecule has 0 unspecified atom stereocenters. The number of carbonyl (C=O) groups is 1. The molecule has 6 heteroatoms. The van der Waals surface area contributed by atoms with Crippen molar-refractivity contribution >= 4 is 5.91 Å². The molecule has 4 aliphatic carbocycles. The molecule has 6 rings (SSSR count). The quantitative estimate of drug-likeness (QED) is 0.549. The summed E-state index contributed by atoms with van der Waals surface area (Å²) in [6.07, 6.45) is 13.7. The molecular weight excluding hydrogens is 443 g/mol. The van der Waals surface area contributed by atoms with Crippen LogP contribution in [0.1, 0.15) is 82.6 Å². The summed E-state index contributed by atoms with van der Waals surface area (Å²) in [5.74, 6) is 1.05.